The highest BCUT2D eigenvalue weighted by Crippen LogP contribution is 2.32. The van der Waals surface area contributed by atoms with Gasteiger partial charge in [-0.15, -0.1) is 0 Å². The van der Waals surface area contributed by atoms with Crippen LogP contribution in [0, 0.1) is 5.92 Å². The fourth-order valence-corrected chi connectivity index (χ4v) is 2.67. The molecular weight excluding hydrogens is 309 g/mol. The van der Waals surface area contributed by atoms with Crippen LogP contribution in [0.15, 0.2) is 12.1 Å². The molecule has 5 heteroatoms. The van der Waals surface area contributed by atoms with E-state index in [1.165, 1.54) is 6.42 Å². The van der Waals surface area contributed by atoms with Crippen molar-refractivity contribution in [2.24, 2.45) is 5.92 Å². The summed E-state index contributed by atoms with van der Waals surface area (Å²) in [6, 6.07) is 3.27. The lowest BCUT2D eigenvalue weighted by atomic mass is 10.0. The van der Waals surface area contributed by atoms with Crippen molar-refractivity contribution in [1.82, 2.24) is 5.32 Å². The van der Waals surface area contributed by atoms with Crippen molar-refractivity contribution in [2.45, 2.75) is 52.5 Å². The summed E-state index contributed by atoms with van der Waals surface area (Å²) < 4.78 is 0. The summed E-state index contributed by atoms with van der Waals surface area (Å²) in [7, 11) is 0. The smallest absolute Gasteiger partial charge is 0.224 e. The number of halogens is 2. The number of rotatable bonds is 7. The second-order valence-corrected chi connectivity index (χ2v) is 6.69. The normalized spacial score (nSPS) is 12.5. The van der Waals surface area contributed by atoms with Crippen molar-refractivity contribution >= 4 is 29.1 Å². The van der Waals surface area contributed by atoms with Crippen LogP contribution < -0.4 is 5.32 Å². The predicted octanol–water partition coefficient (Wildman–Crippen LogP) is 4.57. The van der Waals surface area contributed by atoms with Gasteiger partial charge in [0.25, 0.3) is 0 Å². The Morgan fingerprint density at radius 3 is 2.29 bits per heavy atom. The molecule has 118 valence electrons. The molecule has 1 unspecified atom stereocenters. The van der Waals surface area contributed by atoms with E-state index in [4.69, 9.17) is 23.2 Å². The van der Waals surface area contributed by atoms with E-state index in [0.29, 0.717) is 11.5 Å². The van der Waals surface area contributed by atoms with Gasteiger partial charge in [0.15, 0.2) is 5.75 Å². The minimum Gasteiger partial charge on any atom is -0.505 e. The van der Waals surface area contributed by atoms with Gasteiger partial charge in [0, 0.05) is 6.04 Å². The summed E-state index contributed by atoms with van der Waals surface area (Å²) in [4.78, 5) is 12.0. The van der Waals surface area contributed by atoms with Crippen molar-refractivity contribution in [3.05, 3.63) is 27.7 Å². The highest BCUT2D eigenvalue weighted by Gasteiger charge is 2.12. The summed E-state index contributed by atoms with van der Waals surface area (Å²) in [5.74, 6) is 0.476. The van der Waals surface area contributed by atoms with Gasteiger partial charge in [0.05, 0.1) is 16.5 Å². The minimum atomic E-state index is -0.149. The van der Waals surface area contributed by atoms with Gasteiger partial charge in [-0.05, 0) is 37.0 Å². The van der Waals surface area contributed by atoms with Crippen LogP contribution in [0.25, 0.3) is 0 Å². The third-order valence-electron chi connectivity index (χ3n) is 3.27. The Morgan fingerprint density at radius 2 is 1.76 bits per heavy atom. The molecule has 0 radical (unpaired) electrons. The fraction of sp³-hybridized carbons (Fsp3) is 0.562. The van der Waals surface area contributed by atoms with Crippen LogP contribution in [-0.4, -0.2) is 17.1 Å². The molecule has 21 heavy (non-hydrogen) atoms. The maximum atomic E-state index is 12.0. The topological polar surface area (TPSA) is 49.3 Å². The van der Waals surface area contributed by atoms with Crippen molar-refractivity contribution in [1.29, 1.82) is 0 Å². The number of benzene rings is 1. The van der Waals surface area contributed by atoms with E-state index >= 15 is 0 Å². The number of phenolic OH excluding ortho intramolecular Hbond substituents is 1. The molecule has 0 spiro atoms. The number of carbonyl (C=O) groups excluding carboxylic acids is 1. The highest BCUT2D eigenvalue weighted by atomic mass is 35.5. The van der Waals surface area contributed by atoms with E-state index in [0.717, 1.165) is 12.8 Å². The Kier molecular flexibility index (Phi) is 7.33. The molecule has 2 N–H and O–H groups in total. The van der Waals surface area contributed by atoms with Crippen LogP contribution in [0.3, 0.4) is 0 Å². The van der Waals surface area contributed by atoms with Crippen LogP contribution in [0.2, 0.25) is 10.0 Å². The lowest BCUT2D eigenvalue weighted by Gasteiger charge is -2.15. The Balaban J connectivity index is 2.46. The molecule has 0 aliphatic carbocycles. The number of hydrogen-bond acceptors (Lipinski definition) is 2. The van der Waals surface area contributed by atoms with Gasteiger partial charge in [-0.3, -0.25) is 4.79 Å². The second kappa shape index (κ2) is 8.50. The third kappa shape index (κ3) is 6.58. The van der Waals surface area contributed by atoms with Gasteiger partial charge in [0.1, 0.15) is 0 Å². The van der Waals surface area contributed by atoms with Gasteiger partial charge in [-0.1, -0.05) is 49.9 Å². The molecular formula is C16H23Cl2NO2. The second-order valence-electron chi connectivity index (χ2n) is 5.88. The van der Waals surface area contributed by atoms with E-state index in [1.54, 1.807) is 12.1 Å². The first-order valence-corrected chi connectivity index (χ1v) is 8.01. The molecule has 0 fully saturated rings. The number of aromatic hydroxyl groups is 1. The zero-order valence-corrected chi connectivity index (χ0v) is 14.3. The first-order valence-electron chi connectivity index (χ1n) is 7.25. The minimum absolute atomic E-state index is 0.0649. The van der Waals surface area contributed by atoms with Crippen molar-refractivity contribution in [2.75, 3.05) is 0 Å². The van der Waals surface area contributed by atoms with Crippen molar-refractivity contribution in [3.8, 4) is 5.75 Å². The van der Waals surface area contributed by atoms with Gasteiger partial charge < -0.3 is 10.4 Å². The molecule has 1 rings (SSSR count). The molecule has 0 bridgehead atoms. The molecule has 1 amide bonds. The number of carbonyl (C=O) groups is 1. The van der Waals surface area contributed by atoms with Gasteiger partial charge in [0.2, 0.25) is 5.91 Å². The molecule has 0 aliphatic heterocycles. The van der Waals surface area contributed by atoms with Gasteiger partial charge >= 0.3 is 0 Å². The maximum Gasteiger partial charge on any atom is 0.224 e. The SMILES string of the molecule is CC(C)CCCC(C)NC(=O)Cc1cc(Cl)c(O)c(Cl)c1. The van der Waals surface area contributed by atoms with E-state index in [-0.39, 0.29) is 34.2 Å². The standard InChI is InChI=1S/C16H23Cl2NO2/c1-10(2)5-4-6-11(3)19-15(20)9-12-7-13(17)16(21)14(18)8-12/h7-8,10-11,21H,4-6,9H2,1-3H3,(H,19,20). The lowest BCUT2D eigenvalue weighted by Crippen LogP contribution is -2.33. The molecule has 3 nitrogen and oxygen atoms in total. The highest BCUT2D eigenvalue weighted by molar-refractivity contribution is 6.37. The van der Waals surface area contributed by atoms with Crippen molar-refractivity contribution < 1.29 is 9.90 Å². The van der Waals surface area contributed by atoms with E-state index in [2.05, 4.69) is 19.2 Å². The van der Waals surface area contributed by atoms with E-state index in [1.807, 2.05) is 6.92 Å². The Labute approximate surface area is 136 Å². The molecule has 0 aromatic heterocycles. The van der Waals surface area contributed by atoms with Crippen molar-refractivity contribution in [3.63, 3.8) is 0 Å². The summed E-state index contributed by atoms with van der Waals surface area (Å²) >= 11 is 11.7. The molecule has 1 atom stereocenters. The molecule has 1 aromatic rings. The van der Waals surface area contributed by atoms with E-state index in [9.17, 15) is 9.90 Å². The zero-order chi connectivity index (χ0) is 16.0. The van der Waals surface area contributed by atoms with Crippen LogP contribution in [0.1, 0.15) is 45.6 Å². The van der Waals surface area contributed by atoms with Gasteiger partial charge in [-0.2, -0.15) is 0 Å². The average molecular weight is 332 g/mol. The van der Waals surface area contributed by atoms with Crippen LogP contribution in [0.4, 0.5) is 0 Å². The number of phenols is 1. The number of nitrogens with one attached hydrogen (secondary N) is 1. The van der Waals surface area contributed by atoms with Crippen LogP contribution in [-0.2, 0) is 11.2 Å². The first-order chi connectivity index (χ1) is 9.79. The average Bonchev–Trinajstić information content (AvgIpc) is 2.35. The Bertz CT molecular complexity index is 466. The predicted molar refractivity (Wildman–Crippen MR) is 88.1 cm³/mol. The zero-order valence-electron chi connectivity index (χ0n) is 12.7. The molecule has 0 saturated carbocycles. The quantitative estimate of drug-likeness (QED) is 0.768. The van der Waals surface area contributed by atoms with Crippen LogP contribution >= 0.6 is 23.2 Å². The molecule has 0 aliphatic rings. The summed E-state index contributed by atoms with van der Waals surface area (Å²) in [6.45, 7) is 6.40. The van der Waals surface area contributed by atoms with Crippen LogP contribution in [0.5, 0.6) is 5.75 Å². The number of amides is 1. The third-order valence-corrected chi connectivity index (χ3v) is 3.84. The summed E-state index contributed by atoms with van der Waals surface area (Å²) in [6.07, 6.45) is 3.45. The Morgan fingerprint density at radius 1 is 1.19 bits per heavy atom. The lowest BCUT2D eigenvalue weighted by molar-refractivity contribution is -0.121. The van der Waals surface area contributed by atoms with E-state index < -0.39 is 0 Å². The maximum absolute atomic E-state index is 12.0. The molecule has 1 aromatic carbocycles. The number of hydrogen-bond donors (Lipinski definition) is 2. The van der Waals surface area contributed by atoms with Gasteiger partial charge in [-0.25, -0.2) is 0 Å². The monoisotopic (exact) mass is 331 g/mol. The largest absolute Gasteiger partial charge is 0.505 e. The summed E-state index contributed by atoms with van der Waals surface area (Å²) in [5.41, 5.74) is 0.690. The Hall–Kier alpha value is -0.930. The first kappa shape index (κ1) is 18.1. The fourth-order valence-electron chi connectivity index (χ4n) is 2.14. The molecule has 0 saturated heterocycles. The molecule has 0 heterocycles. The summed E-state index contributed by atoms with van der Waals surface area (Å²) in [5, 5.41) is 12.8.